The minimum Gasteiger partial charge on any atom is -0.493 e. The highest BCUT2D eigenvalue weighted by atomic mass is 16.3. The highest BCUT2D eigenvalue weighted by molar-refractivity contribution is 5.91. The zero-order chi connectivity index (χ0) is 19.7. The summed E-state index contributed by atoms with van der Waals surface area (Å²) in [5.74, 6) is -0.428. The Labute approximate surface area is 161 Å². The number of fused-ring (bicyclic) bond motifs is 1. The third kappa shape index (κ3) is 3.29. The van der Waals surface area contributed by atoms with E-state index in [-0.39, 0.29) is 5.56 Å². The lowest BCUT2D eigenvalue weighted by Crippen LogP contribution is -2.42. The molecule has 0 amide bonds. The average Bonchev–Trinajstić information content (AvgIpc) is 2.69. The molecule has 0 spiro atoms. The van der Waals surface area contributed by atoms with E-state index >= 15 is 0 Å². The molecular formula is C20H21N5O3. The molecule has 0 unspecified atom stereocenters. The summed E-state index contributed by atoms with van der Waals surface area (Å²) in [6.07, 6.45) is 1.32. The Morgan fingerprint density at radius 3 is 2.54 bits per heavy atom. The molecule has 1 fully saturated rings. The highest BCUT2D eigenvalue weighted by Gasteiger charge is 2.17. The van der Waals surface area contributed by atoms with Crippen molar-refractivity contribution in [3.05, 3.63) is 68.9 Å². The molecule has 0 radical (unpaired) electrons. The van der Waals surface area contributed by atoms with Crippen LogP contribution in [0.25, 0.3) is 16.5 Å². The Hall–Kier alpha value is -3.39. The van der Waals surface area contributed by atoms with Crippen molar-refractivity contribution in [2.45, 2.75) is 0 Å². The second-order valence-corrected chi connectivity index (χ2v) is 6.83. The molecule has 1 aromatic heterocycles. The van der Waals surface area contributed by atoms with Crippen LogP contribution in [0.2, 0.25) is 0 Å². The second-order valence-electron chi connectivity index (χ2n) is 6.83. The van der Waals surface area contributed by atoms with Crippen LogP contribution in [0.5, 0.6) is 5.88 Å². The number of nitrogens with zero attached hydrogens (tertiary/aromatic N) is 4. The predicted molar refractivity (Wildman–Crippen MR) is 108 cm³/mol. The number of rotatable bonds is 3. The summed E-state index contributed by atoms with van der Waals surface area (Å²) < 4.78 is 1.11. The van der Waals surface area contributed by atoms with Gasteiger partial charge < -0.3 is 10.0 Å². The number of aromatic nitrogens is 2. The second kappa shape index (κ2) is 7.32. The number of benzene rings is 2. The van der Waals surface area contributed by atoms with Gasteiger partial charge in [0.05, 0.1) is 11.9 Å². The smallest absolute Gasteiger partial charge is 0.335 e. The van der Waals surface area contributed by atoms with Gasteiger partial charge in [0.25, 0.3) is 5.56 Å². The topological polar surface area (TPSA) is 93.9 Å². The summed E-state index contributed by atoms with van der Waals surface area (Å²) in [6.45, 7) is 3.20. The van der Waals surface area contributed by atoms with Gasteiger partial charge in [-0.2, -0.15) is 5.10 Å². The van der Waals surface area contributed by atoms with E-state index < -0.39 is 17.1 Å². The van der Waals surface area contributed by atoms with Crippen molar-refractivity contribution >= 4 is 17.0 Å². The highest BCUT2D eigenvalue weighted by Crippen LogP contribution is 2.24. The van der Waals surface area contributed by atoms with E-state index in [4.69, 9.17) is 0 Å². The largest absolute Gasteiger partial charge is 0.493 e. The molecule has 1 aliphatic heterocycles. The van der Waals surface area contributed by atoms with E-state index in [0.717, 1.165) is 41.5 Å². The Morgan fingerprint density at radius 1 is 1.04 bits per heavy atom. The molecule has 8 nitrogen and oxygen atoms in total. The lowest BCUT2D eigenvalue weighted by atomic mass is 10.1. The molecule has 2 N–H and O–H groups in total. The van der Waals surface area contributed by atoms with Crippen molar-refractivity contribution in [3.63, 3.8) is 0 Å². The number of H-pyrrole nitrogens is 1. The summed E-state index contributed by atoms with van der Waals surface area (Å²) >= 11 is 0. The molecule has 144 valence electrons. The minimum absolute atomic E-state index is 0.0496. The van der Waals surface area contributed by atoms with Gasteiger partial charge in [-0.1, -0.05) is 36.4 Å². The number of piperazine rings is 1. The zero-order valence-electron chi connectivity index (χ0n) is 15.5. The number of aromatic amines is 1. The Kier molecular flexibility index (Phi) is 4.70. The lowest BCUT2D eigenvalue weighted by Gasteiger charge is -2.30. The number of hydrazone groups is 1. The van der Waals surface area contributed by atoms with Crippen LogP contribution in [-0.2, 0) is 0 Å². The van der Waals surface area contributed by atoms with Crippen molar-refractivity contribution in [1.29, 1.82) is 0 Å². The molecule has 1 aliphatic rings. The van der Waals surface area contributed by atoms with E-state index in [1.165, 1.54) is 6.21 Å². The number of likely N-dealkylation sites (N-methyl/N-ethyl adjacent to an activating group) is 1. The molecule has 0 saturated carbocycles. The van der Waals surface area contributed by atoms with Crippen LogP contribution in [-0.4, -0.2) is 64.0 Å². The first kappa shape index (κ1) is 18.0. The van der Waals surface area contributed by atoms with E-state index in [0.29, 0.717) is 5.69 Å². The predicted octanol–water partition coefficient (Wildman–Crippen LogP) is 0.966. The van der Waals surface area contributed by atoms with Crippen molar-refractivity contribution in [2.24, 2.45) is 5.10 Å². The Morgan fingerprint density at radius 2 is 1.75 bits per heavy atom. The fourth-order valence-corrected chi connectivity index (χ4v) is 3.33. The lowest BCUT2D eigenvalue weighted by molar-refractivity contribution is 0.159. The van der Waals surface area contributed by atoms with Gasteiger partial charge >= 0.3 is 5.69 Å². The molecule has 3 aromatic rings. The van der Waals surface area contributed by atoms with Crippen LogP contribution < -0.4 is 11.2 Å². The van der Waals surface area contributed by atoms with Gasteiger partial charge in [-0.15, -0.1) is 0 Å². The number of hydrogen-bond donors (Lipinski definition) is 2. The van der Waals surface area contributed by atoms with Gasteiger partial charge in [0.1, 0.15) is 5.56 Å². The van der Waals surface area contributed by atoms with E-state index in [9.17, 15) is 14.7 Å². The molecule has 4 rings (SSSR count). The summed E-state index contributed by atoms with van der Waals surface area (Å²) in [4.78, 5) is 29.2. The van der Waals surface area contributed by atoms with Crippen LogP contribution >= 0.6 is 0 Å². The summed E-state index contributed by atoms with van der Waals surface area (Å²) in [7, 11) is 2.04. The number of hydrogen-bond acceptors (Lipinski definition) is 6. The molecule has 28 heavy (non-hydrogen) atoms. The maximum atomic E-state index is 12.5. The van der Waals surface area contributed by atoms with Crippen molar-refractivity contribution in [3.8, 4) is 11.6 Å². The van der Waals surface area contributed by atoms with Crippen LogP contribution in [0, 0.1) is 0 Å². The molecule has 0 aliphatic carbocycles. The van der Waals surface area contributed by atoms with Crippen molar-refractivity contribution < 1.29 is 5.11 Å². The fraction of sp³-hybridized carbons (Fsp3) is 0.250. The summed E-state index contributed by atoms with van der Waals surface area (Å²) in [5, 5.41) is 18.6. The normalized spacial score (nSPS) is 15.5. The first-order chi connectivity index (χ1) is 13.5. The molecule has 1 saturated heterocycles. The SMILES string of the molecule is CN1CCN(N=Cc2c(O)n(-c3cccc4ccccc34)c(=O)[nH]c2=O)CC1. The van der Waals surface area contributed by atoms with Gasteiger partial charge in [-0.05, 0) is 18.5 Å². The molecular weight excluding hydrogens is 358 g/mol. The molecule has 0 bridgehead atoms. The fourth-order valence-electron chi connectivity index (χ4n) is 3.33. The summed E-state index contributed by atoms with van der Waals surface area (Å²) in [5.41, 5.74) is -0.926. The first-order valence-electron chi connectivity index (χ1n) is 9.08. The monoisotopic (exact) mass is 379 g/mol. The van der Waals surface area contributed by atoms with Crippen molar-refractivity contribution in [1.82, 2.24) is 19.5 Å². The van der Waals surface area contributed by atoms with E-state index in [1.54, 1.807) is 12.1 Å². The minimum atomic E-state index is -0.699. The maximum Gasteiger partial charge on any atom is 0.335 e. The third-order valence-corrected chi connectivity index (χ3v) is 4.96. The standard InChI is InChI=1S/C20H21N5O3/c1-23-9-11-24(12-10-23)21-13-16-18(26)22-20(28)25(19(16)27)17-8-4-6-14-5-2-3-7-15(14)17/h2-8,13,27H,9-12H2,1H3,(H,22,26,28). The van der Waals surface area contributed by atoms with Crippen LogP contribution in [0.3, 0.4) is 0 Å². The Balaban J connectivity index is 1.80. The van der Waals surface area contributed by atoms with Gasteiger partial charge in [0.15, 0.2) is 0 Å². The van der Waals surface area contributed by atoms with Gasteiger partial charge in [0.2, 0.25) is 5.88 Å². The molecule has 8 heteroatoms. The Bertz CT molecular complexity index is 1150. The van der Waals surface area contributed by atoms with Gasteiger partial charge in [-0.25, -0.2) is 9.36 Å². The average molecular weight is 379 g/mol. The first-order valence-corrected chi connectivity index (χ1v) is 9.08. The molecule has 2 aromatic carbocycles. The number of aromatic hydroxyl groups is 1. The van der Waals surface area contributed by atoms with E-state index in [1.807, 2.05) is 42.4 Å². The van der Waals surface area contributed by atoms with E-state index in [2.05, 4.69) is 15.0 Å². The zero-order valence-corrected chi connectivity index (χ0v) is 15.5. The van der Waals surface area contributed by atoms with Crippen molar-refractivity contribution in [2.75, 3.05) is 33.2 Å². The molecule has 0 atom stereocenters. The van der Waals surface area contributed by atoms with Crippen LogP contribution in [0.1, 0.15) is 5.56 Å². The quantitative estimate of drug-likeness (QED) is 0.662. The van der Waals surface area contributed by atoms with Gasteiger partial charge in [0, 0.05) is 31.6 Å². The maximum absolute atomic E-state index is 12.5. The van der Waals surface area contributed by atoms with Gasteiger partial charge in [-0.3, -0.25) is 14.8 Å². The van der Waals surface area contributed by atoms with Crippen LogP contribution in [0.15, 0.2) is 57.2 Å². The molecule has 2 heterocycles. The third-order valence-electron chi connectivity index (χ3n) is 4.96. The van der Waals surface area contributed by atoms with Crippen LogP contribution in [0.4, 0.5) is 0 Å². The number of nitrogens with one attached hydrogen (secondary N) is 1. The summed E-state index contributed by atoms with van der Waals surface area (Å²) in [6, 6.07) is 13.0.